The molecule has 0 saturated heterocycles. The van der Waals surface area contributed by atoms with Crippen LogP contribution in [0.5, 0.6) is 0 Å². The molecule has 0 heterocycles. The molecule has 0 saturated carbocycles. The molecule has 0 aliphatic carbocycles. The Morgan fingerprint density at radius 2 is 1.69 bits per heavy atom. The smallest absolute Gasteiger partial charge is 0.303 e. The van der Waals surface area contributed by atoms with Crippen molar-refractivity contribution >= 4 is 17.7 Å². The molecule has 0 fully saturated rings. The van der Waals surface area contributed by atoms with Crippen LogP contribution in [0.3, 0.4) is 0 Å². The van der Waals surface area contributed by atoms with Gasteiger partial charge in [-0.2, -0.15) is 0 Å². The Morgan fingerprint density at radius 1 is 1.23 bits per heavy atom. The zero-order valence-corrected chi connectivity index (χ0v) is 9.99. The summed E-state index contributed by atoms with van der Waals surface area (Å²) in [6.07, 6.45) is 0.986. The summed E-state index contributed by atoms with van der Waals surface area (Å²) >= 11 is 1.84. The van der Waals surface area contributed by atoms with Gasteiger partial charge < -0.3 is 5.11 Å². The van der Waals surface area contributed by atoms with Crippen LogP contribution in [0, 0.1) is 0 Å². The molecule has 0 bridgehead atoms. The van der Waals surface area contributed by atoms with Crippen LogP contribution in [0.25, 0.3) is 0 Å². The molecular weight excluding hydrogens is 184 g/mol. The van der Waals surface area contributed by atoms with Crippen molar-refractivity contribution in [3.63, 3.8) is 0 Å². The Kier molecular flexibility index (Phi) is 4.30. The quantitative estimate of drug-likeness (QED) is 0.764. The lowest BCUT2D eigenvalue weighted by Gasteiger charge is -2.31. The number of rotatable bonds is 4. The maximum atomic E-state index is 10.4. The van der Waals surface area contributed by atoms with Gasteiger partial charge in [0.25, 0.3) is 0 Å². The van der Waals surface area contributed by atoms with Gasteiger partial charge in [-0.15, -0.1) is 11.8 Å². The lowest BCUT2D eigenvalue weighted by Crippen LogP contribution is -2.24. The minimum absolute atomic E-state index is 0.0522. The fourth-order valence-electron chi connectivity index (χ4n) is 1.29. The first kappa shape index (κ1) is 12.8. The predicted molar refractivity (Wildman–Crippen MR) is 58.3 cm³/mol. The maximum Gasteiger partial charge on any atom is 0.303 e. The van der Waals surface area contributed by atoms with Crippen LogP contribution in [-0.4, -0.2) is 20.6 Å². The molecular formula is C10H20O2S. The molecule has 13 heavy (non-hydrogen) atoms. The minimum atomic E-state index is -0.706. The second kappa shape index (κ2) is 4.36. The van der Waals surface area contributed by atoms with E-state index in [1.807, 2.05) is 11.8 Å². The highest BCUT2D eigenvalue weighted by atomic mass is 32.2. The van der Waals surface area contributed by atoms with Crippen LogP contribution in [0.2, 0.25) is 0 Å². The summed E-state index contributed by atoms with van der Waals surface area (Å²) in [5.74, 6) is -0.706. The average molecular weight is 204 g/mol. The molecule has 2 nitrogen and oxygen atoms in total. The van der Waals surface area contributed by atoms with Gasteiger partial charge in [0, 0.05) is 15.9 Å². The molecule has 3 heteroatoms. The zero-order valence-electron chi connectivity index (χ0n) is 9.18. The van der Waals surface area contributed by atoms with Crippen LogP contribution in [0.1, 0.15) is 47.5 Å². The van der Waals surface area contributed by atoms with Crippen molar-refractivity contribution in [3.8, 4) is 0 Å². The highest BCUT2D eigenvalue weighted by Gasteiger charge is 2.26. The number of hydrogen-bond acceptors (Lipinski definition) is 2. The van der Waals surface area contributed by atoms with Crippen molar-refractivity contribution in [3.05, 3.63) is 0 Å². The van der Waals surface area contributed by atoms with Gasteiger partial charge >= 0.3 is 5.97 Å². The van der Waals surface area contributed by atoms with Crippen molar-refractivity contribution < 1.29 is 9.90 Å². The Hall–Kier alpha value is -0.180. The van der Waals surface area contributed by atoms with E-state index in [0.717, 1.165) is 6.42 Å². The van der Waals surface area contributed by atoms with Crippen LogP contribution in [0.4, 0.5) is 0 Å². The first-order valence-electron chi connectivity index (χ1n) is 4.54. The number of aliphatic carboxylic acids is 1. The zero-order chi connectivity index (χ0) is 10.7. The lowest BCUT2D eigenvalue weighted by atomic mass is 10.1. The third-order valence-electron chi connectivity index (χ3n) is 1.52. The van der Waals surface area contributed by atoms with E-state index in [1.54, 1.807) is 0 Å². The van der Waals surface area contributed by atoms with Gasteiger partial charge in [0.1, 0.15) is 0 Å². The van der Waals surface area contributed by atoms with E-state index < -0.39 is 5.97 Å². The second-order valence-electron chi connectivity index (χ2n) is 4.87. The Bertz CT molecular complexity index is 180. The first-order valence-corrected chi connectivity index (χ1v) is 5.36. The largest absolute Gasteiger partial charge is 0.481 e. The van der Waals surface area contributed by atoms with E-state index in [-0.39, 0.29) is 15.9 Å². The summed E-state index contributed by atoms with van der Waals surface area (Å²) in [5.41, 5.74) is 0. The van der Waals surface area contributed by atoms with Gasteiger partial charge in [-0.25, -0.2) is 0 Å². The monoisotopic (exact) mass is 204 g/mol. The van der Waals surface area contributed by atoms with Crippen molar-refractivity contribution in [2.75, 3.05) is 0 Å². The molecule has 0 radical (unpaired) electrons. The third kappa shape index (κ3) is 8.16. The van der Waals surface area contributed by atoms with E-state index in [0.29, 0.717) is 0 Å². The van der Waals surface area contributed by atoms with Crippen molar-refractivity contribution in [1.29, 1.82) is 0 Å². The molecule has 0 rings (SSSR count). The first-order chi connectivity index (χ1) is 5.62. The van der Waals surface area contributed by atoms with Crippen LogP contribution >= 0.6 is 11.8 Å². The van der Waals surface area contributed by atoms with Gasteiger partial charge in [0.2, 0.25) is 0 Å². The van der Waals surface area contributed by atoms with E-state index in [4.69, 9.17) is 5.11 Å². The maximum absolute atomic E-state index is 10.4. The van der Waals surface area contributed by atoms with E-state index in [9.17, 15) is 4.79 Å². The van der Waals surface area contributed by atoms with Crippen molar-refractivity contribution in [2.45, 2.75) is 57.0 Å². The summed E-state index contributed by atoms with van der Waals surface area (Å²) in [5, 5.41) is 8.57. The molecule has 0 amide bonds. The molecule has 0 spiro atoms. The molecule has 1 N–H and O–H groups in total. The summed E-state index contributed by atoms with van der Waals surface area (Å²) in [6.45, 7) is 10.7. The number of carbonyl (C=O) groups is 1. The molecule has 0 aromatic carbocycles. The van der Waals surface area contributed by atoms with Gasteiger partial charge in [-0.3, -0.25) is 4.79 Å². The Labute approximate surface area is 85.1 Å². The molecule has 78 valence electrons. The highest BCUT2D eigenvalue weighted by molar-refractivity contribution is 8.01. The SMILES string of the molecule is CC(C)(C)SC(C)(C)CCC(=O)O. The van der Waals surface area contributed by atoms with Crippen LogP contribution < -0.4 is 0 Å². The Balaban J connectivity index is 4.01. The molecule has 0 aromatic rings. The highest BCUT2D eigenvalue weighted by Crippen LogP contribution is 2.38. The molecule has 0 unspecified atom stereocenters. The van der Waals surface area contributed by atoms with Crippen molar-refractivity contribution in [2.24, 2.45) is 0 Å². The van der Waals surface area contributed by atoms with E-state index >= 15 is 0 Å². The minimum Gasteiger partial charge on any atom is -0.481 e. The standard InChI is InChI=1S/C10H20O2S/c1-9(2,3)13-10(4,5)7-6-8(11)12/h6-7H2,1-5H3,(H,11,12). The molecule has 0 aliphatic rings. The normalized spacial score (nSPS) is 13.0. The molecule has 0 atom stereocenters. The van der Waals surface area contributed by atoms with Crippen LogP contribution in [0.15, 0.2) is 0 Å². The number of carboxylic acids is 1. The van der Waals surface area contributed by atoms with Crippen molar-refractivity contribution in [1.82, 2.24) is 0 Å². The molecule has 0 aromatic heterocycles. The van der Waals surface area contributed by atoms with Gasteiger partial charge in [0.15, 0.2) is 0 Å². The predicted octanol–water partition coefficient (Wildman–Crippen LogP) is 3.16. The number of hydrogen-bond donors (Lipinski definition) is 1. The summed E-state index contributed by atoms with van der Waals surface area (Å²) < 4.78 is 0.249. The summed E-state index contributed by atoms with van der Waals surface area (Å²) in [7, 11) is 0. The topological polar surface area (TPSA) is 37.3 Å². The fourth-order valence-corrected chi connectivity index (χ4v) is 3.15. The van der Waals surface area contributed by atoms with E-state index in [2.05, 4.69) is 34.6 Å². The summed E-state index contributed by atoms with van der Waals surface area (Å²) in [6, 6.07) is 0. The summed E-state index contributed by atoms with van der Waals surface area (Å²) in [4.78, 5) is 10.4. The van der Waals surface area contributed by atoms with Crippen LogP contribution in [-0.2, 0) is 4.79 Å². The second-order valence-corrected chi connectivity index (χ2v) is 7.40. The van der Waals surface area contributed by atoms with Gasteiger partial charge in [0.05, 0.1) is 0 Å². The molecule has 0 aliphatic heterocycles. The fraction of sp³-hybridized carbons (Fsp3) is 0.900. The van der Waals surface area contributed by atoms with E-state index in [1.165, 1.54) is 0 Å². The third-order valence-corrected chi connectivity index (χ3v) is 2.89. The lowest BCUT2D eigenvalue weighted by molar-refractivity contribution is -0.137. The average Bonchev–Trinajstić information content (AvgIpc) is 1.78. The number of carboxylic acid groups (broad SMARTS) is 1. The van der Waals surface area contributed by atoms with Gasteiger partial charge in [-0.05, 0) is 6.42 Å². The van der Waals surface area contributed by atoms with Gasteiger partial charge in [-0.1, -0.05) is 34.6 Å². The Morgan fingerprint density at radius 3 is 2.00 bits per heavy atom. The number of thioether (sulfide) groups is 1.